The topological polar surface area (TPSA) is 40.5 Å². The summed E-state index contributed by atoms with van der Waals surface area (Å²) in [5.74, 6) is 0.375. The van der Waals surface area contributed by atoms with Crippen LogP contribution in [0.2, 0.25) is 0 Å². The summed E-state index contributed by atoms with van der Waals surface area (Å²) < 4.78 is 0. The van der Waals surface area contributed by atoms with Crippen molar-refractivity contribution in [3.63, 3.8) is 0 Å². The van der Waals surface area contributed by atoms with Crippen LogP contribution in [-0.4, -0.2) is 34.5 Å². The van der Waals surface area contributed by atoms with Crippen LogP contribution in [0.25, 0.3) is 0 Å². The Kier molecular flexibility index (Phi) is 3.02. The van der Waals surface area contributed by atoms with Gasteiger partial charge in [-0.1, -0.05) is 36.4 Å². The van der Waals surface area contributed by atoms with E-state index in [1.54, 1.807) is 6.08 Å². The molecule has 0 aromatic heterocycles. The van der Waals surface area contributed by atoms with E-state index in [-0.39, 0.29) is 30.4 Å². The first-order valence-electron chi connectivity index (χ1n) is 6.42. The summed E-state index contributed by atoms with van der Waals surface area (Å²) in [6, 6.07) is 10.3. The zero-order chi connectivity index (χ0) is 12.5. The van der Waals surface area contributed by atoms with Crippen LogP contribution < -0.4 is 0 Å². The van der Waals surface area contributed by atoms with Crippen LogP contribution >= 0.6 is 0 Å². The fourth-order valence-electron chi connectivity index (χ4n) is 3.08. The van der Waals surface area contributed by atoms with E-state index < -0.39 is 0 Å². The van der Waals surface area contributed by atoms with E-state index in [0.717, 1.165) is 13.0 Å². The molecule has 18 heavy (non-hydrogen) atoms. The number of benzene rings is 1. The number of ketones is 1. The molecular formula is C15H17NO2. The van der Waals surface area contributed by atoms with Gasteiger partial charge < -0.3 is 5.11 Å². The van der Waals surface area contributed by atoms with Crippen molar-refractivity contribution in [1.29, 1.82) is 0 Å². The van der Waals surface area contributed by atoms with E-state index in [1.165, 1.54) is 5.56 Å². The van der Waals surface area contributed by atoms with E-state index in [2.05, 4.69) is 17.0 Å². The Hall–Kier alpha value is -1.45. The number of carbonyl (C=O) groups excluding carboxylic acids is 1. The Bertz CT molecular complexity index is 469. The number of fused-ring (bicyclic) bond motifs is 2. The van der Waals surface area contributed by atoms with Crippen molar-refractivity contribution in [2.45, 2.75) is 25.0 Å². The molecule has 3 heteroatoms. The van der Waals surface area contributed by atoms with Crippen LogP contribution in [0, 0.1) is 5.92 Å². The smallest absolute Gasteiger partial charge is 0.172 e. The lowest BCUT2D eigenvalue weighted by Crippen LogP contribution is -2.42. The van der Waals surface area contributed by atoms with Crippen molar-refractivity contribution in [2.75, 3.05) is 6.61 Å². The second-order valence-electron chi connectivity index (χ2n) is 5.10. The number of carbonyl (C=O) groups is 1. The number of hydrogen-bond donors (Lipinski definition) is 1. The number of hydrogen-bond acceptors (Lipinski definition) is 3. The van der Waals surface area contributed by atoms with Crippen LogP contribution in [-0.2, 0) is 11.3 Å². The number of aliphatic hydroxyl groups excluding tert-OH is 1. The van der Waals surface area contributed by atoms with Gasteiger partial charge in [-0.15, -0.1) is 0 Å². The average molecular weight is 243 g/mol. The molecule has 3 nitrogen and oxygen atoms in total. The second-order valence-corrected chi connectivity index (χ2v) is 5.10. The van der Waals surface area contributed by atoms with Crippen LogP contribution in [0.15, 0.2) is 42.5 Å². The summed E-state index contributed by atoms with van der Waals surface area (Å²) in [4.78, 5) is 14.1. The van der Waals surface area contributed by atoms with Crippen LogP contribution in [0.4, 0.5) is 0 Å². The van der Waals surface area contributed by atoms with E-state index in [0.29, 0.717) is 0 Å². The molecule has 1 saturated heterocycles. The van der Waals surface area contributed by atoms with E-state index in [9.17, 15) is 9.90 Å². The average Bonchev–Trinajstić information content (AvgIpc) is 2.65. The van der Waals surface area contributed by atoms with Crippen LogP contribution in [0.1, 0.15) is 12.0 Å². The molecule has 1 aromatic rings. The molecule has 2 aliphatic rings. The molecule has 0 saturated carbocycles. The zero-order valence-corrected chi connectivity index (χ0v) is 10.2. The summed E-state index contributed by atoms with van der Waals surface area (Å²) in [5, 5.41) is 9.41. The molecule has 2 aliphatic heterocycles. The molecule has 2 heterocycles. The van der Waals surface area contributed by atoms with Gasteiger partial charge in [0.1, 0.15) is 0 Å². The van der Waals surface area contributed by atoms with Crippen molar-refractivity contribution < 1.29 is 9.90 Å². The Balaban J connectivity index is 1.84. The number of rotatable bonds is 3. The third-order valence-electron chi connectivity index (χ3n) is 4.02. The molecule has 1 aromatic carbocycles. The van der Waals surface area contributed by atoms with Gasteiger partial charge in [0.25, 0.3) is 0 Å². The van der Waals surface area contributed by atoms with Gasteiger partial charge in [0.15, 0.2) is 5.78 Å². The number of aliphatic hydroxyl groups is 1. The van der Waals surface area contributed by atoms with Crippen molar-refractivity contribution in [2.24, 2.45) is 5.92 Å². The molecule has 0 radical (unpaired) electrons. The van der Waals surface area contributed by atoms with Crippen molar-refractivity contribution >= 4 is 5.78 Å². The predicted molar refractivity (Wildman–Crippen MR) is 68.9 cm³/mol. The van der Waals surface area contributed by atoms with Gasteiger partial charge in [-0.05, 0) is 18.1 Å². The third kappa shape index (κ3) is 1.89. The minimum atomic E-state index is -0.0441. The van der Waals surface area contributed by atoms with Gasteiger partial charge >= 0.3 is 0 Å². The minimum Gasteiger partial charge on any atom is -0.396 e. The first-order valence-corrected chi connectivity index (χ1v) is 6.42. The standard InChI is InChI=1S/C15H17NO2/c17-10-12-8-14-15(18)7-6-13(12)16(14)9-11-4-2-1-3-5-11/h1-7,12-14,17H,8-10H2/t12-,13-,14-/m1/s1. The first kappa shape index (κ1) is 11.6. The highest BCUT2D eigenvalue weighted by Crippen LogP contribution is 2.35. The highest BCUT2D eigenvalue weighted by molar-refractivity contribution is 5.95. The van der Waals surface area contributed by atoms with Crippen LogP contribution in [0.5, 0.6) is 0 Å². The molecule has 1 N–H and O–H groups in total. The Morgan fingerprint density at radius 1 is 1.28 bits per heavy atom. The largest absolute Gasteiger partial charge is 0.396 e. The monoisotopic (exact) mass is 243 g/mol. The molecule has 2 bridgehead atoms. The molecule has 0 unspecified atom stereocenters. The maximum Gasteiger partial charge on any atom is 0.172 e. The molecule has 1 fully saturated rings. The maximum atomic E-state index is 11.9. The van der Waals surface area contributed by atoms with E-state index in [4.69, 9.17) is 0 Å². The molecule has 0 spiro atoms. The molecule has 94 valence electrons. The van der Waals surface area contributed by atoms with Crippen molar-refractivity contribution in [3.8, 4) is 0 Å². The van der Waals surface area contributed by atoms with Gasteiger partial charge in [-0.2, -0.15) is 0 Å². The van der Waals surface area contributed by atoms with Crippen molar-refractivity contribution in [3.05, 3.63) is 48.0 Å². The van der Waals surface area contributed by atoms with E-state index in [1.807, 2.05) is 24.3 Å². The van der Waals surface area contributed by atoms with Gasteiger partial charge in [-0.3, -0.25) is 9.69 Å². The Labute approximate surface area is 107 Å². The number of nitrogens with zero attached hydrogens (tertiary/aromatic N) is 1. The summed E-state index contributed by atoms with van der Waals surface area (Å²) in [5.41, 5.74) is 1.22. The third-order valence-corrected chi connectivity index (χ3v) is 4.02. The molecular weight excluding hydrogens is 226 g/mol. The lowest BCUT2D eigenvalue weighted by atomic mass is 10.0. The first-order chi connectivity index (χ1) is 8.79. The molecule has 0 amide bonds. The minimum absolute atomic E-state index is 0.0441. The lowest BCUT2D eigenvalue weighted by molar-refractivity contribution is -0.119. The van der Waals surface area contributed by atoms with Crippen molar-refractivity contribution in [1.82, 2.24) is 4.90 Å². The Morgan fingerprint density at radius 2 is 2.06 bits per heavy atom. The molecule has 3 atom stereocenters. The highest BCUT2D eigenvalue weighted by Gasteiger charge is 2.44. The fraction of sp³-hybridized carbons (Fsp3) is 0.400. The quantitative estimate of drug-likeness (QED) is 0.872. The fourth-order valence-corrected chi connectivity index (χ4v) is 3.08. The summed E-state index contributed by atoms with van der Waals surface area (Å²) in [6.07, 6.45) is 4.42. The van der Waals surface area contributed by atoms with Gasteiger partial charge in [0.05, 0.1) is 6.04 Å². The normalized spacial score (nSPS) is 30.9. The molecule has 3 rings (SSSR count). The second kappa shape index (κ2) is 4.67. The lowest BCUT2D eigenvalue weighted by Gasteiger charge is -2.31. The van der Waals surface area contributed by atoms with Gasteiger partial charge in [0, 0.05) is 25.1 Å². The summed E-state index contributed by atoms with van der Waals surface area (Å²) >= 11 is 0. The maximum absolute atomic E-state index is 11.9. The summed E-state index contributed by atoms with van der Waals surface area (Å²) in [7, 11) is 0. The SMILES string of the molecule is O=C1C=C[C@@H]2[C@@H](CO)C[C@H]1N2Cc1ccccc1. The Morgan fingerprint density at radius 3 is 2.78 bits per heavy atom. The van der Waals surface area contributed by atoms with E-state index >= 15 is 0 Å². The predicted octanol–water partition coefficient (Wildman–Crippen LogP) is 1.38. The van der Waals surface area contributed by atoms with Gasteiger partial charge in [0.2, 0.25) is 0 Å². The summed E-state index contributed by atoms with van der Waals surface area (Å²) in [6.45, 7) is 0.937. The molecule has 0 aliphatic carbocycles. The zero-order valence-electron chi connectivity index (χ0n) is 10.2. The highest BCUT2D eigenvalue weighted by atomic mass is 16.3. The van der Waals surface area contributed by atoms with Crippen LogP contribution in [0.3, 0.4) is 0 Å². The van der Waals surface area contributed by atoms with Gasteiger partial charge in [-0.25, -0.2) is 0 Å².